The van der Waals surface area contributed by atoms with Crippen LogP contribution in [0.2, 0.25) is 0 Å². The van der Waals surface area contributed by atoms with Crippen LogP contribution in [0.1, 0.15) is 6.92 Å². The van der Waals surface area contributed by atoms with E-state index in [0.29, 0.717) is 19.6 Å². The molecule has 1 amide bonds. The molecule has 0 spiro atoms. The highest BCUT2D eigenvalue weighted by Gasteiger charge is 2.36. The lowest BCUT2D eigenvalue weighted by molar-refractivity contribution is -0.857. The van der Waals surface area contributed by atoms with Crippen LogP contribution in [-0.2, 0) is 0 Å². The average molecular weight is 159 g/mol. The molecular formula is C7H15N2O2+. The smallest absolute Gasteiger partial charge is 0.435 e. The van der Waals surface area contributed by atoms with Crippen molar-refractivity contribution in [3.05, 3.63) is 0 Å². The topological polar surface area (TPSA) is 49.3 Å². The summed E-state index contributed by atoms with van der Waals surface area (Å²) in [5.74, 6) is 0. The highest BCUT2D eigenvalue weighted by Crippen LogP contribution is 2.08. The number of carboxylic acid groups (broad SMARTS) is 1. The van der Waals surface area contributed by atoms with Crippen molar-refractivity contribution in [1.29, 1.82) is 0 Å². The number of piperazine rings is 1. The summed E-state index contributed by atoms with van der Waals surface area (Å²) < 4.78 is 0.229. The predicted octanol–water partition coefficient (Wildman–Crippen LogP) is 0.104. The van der Waals surface area contributed by atoms with Gasteiger partial charge in [0, 0.05) is 13.1 Å². The molecule has 1 fully saturated rings. The largest absolute Gasteiger partial charge is 0.513 e. The van der Waals surface area contributed by atoms with Crippen LogP contribution in [0, 0.1) is 0 Å². The molecule has 4 heteroatoms. The van der Waals surface area contributed by atoms with Crippen LogP contribution in [0.25, 0.3) is 0 Å². The van der Waals surface area contributed by atoms with Gasteiger partial charge in [-0.2, -0.15) is 4.79 Å². The van der Waals surface area contributed by atoms with Crippen molar-refractivity contribution >= 4 is 6.09 Å². The fourth-order valence-electron chi connectivity index (χ4n) is 1.47. The van der Waals surface area contributed by atoms with Crippen LogP contribution in [0.5, 0.6) is 0 Å². The zero-order chi connectivity index (χ0) is 8.32. The van der Waals surface area contributed by atoms with E-state index in [9.17, 15) is 4.79 Å². The van der Waals surface area contributed by atoms with Crippen molar-refractivity contribution in [3.63, 3.8) is 0 Å². The molecule has 0 aromatic rings. The van der Waals surface area contributed by atoms with Gasteiger partial charge in [0.25, 0.3) is 0 Å². The van der Waals surface area contributed by atoms with Gasteiger partial charge in [0.1, 0.15) is 13.1 Å². The second-order valence-corrected chi connectivity index (χ2v) is 2.94. The van der Waals surface area contributed by atoms with Gasteiger partial charge < -0.3 is 10.4 Å². The first-order chi connectivity index (χ1) is 5.21. The summed E-state index contributed by atoms with van der Waals surface area (Å²) in [7, 11) is 0. The molecule has 0 atom stereocenters. The van der Waals surface area contributed by atoms with Crippen LogP contribution < -0.4 is 5.32 Å². The first-order valence-corrected chi connectivity index (χ1v) is 4.01. The van der Waals surface area contributed by atoms with E-state index in [1.165, 1.54) is 0 Å². The summed E-state index contributed by atoms with van der Waals surface area (Å²) in [4.78, 5) is 10.9. The number of nitrogens with zero attached hydrogens (tertiary/aromatic N) is 1. The maximum atomic E-state index is 10.9. The second-order valence-electron chi connectivity index (χ2n) is 2.94. The lowest BCUT2D eigenvalue weighted by atomic mass is 10.3. The normalized spacial score (nSPS) is 23.0. The molecule has 1 heterocycles. The van der Waals surface area contributed by atoms with Crippen molar-refractivity contribution < 1.29 is 14.4 Å². The van der Waals surface area contributed by atoms with Gasteiger partial charge in [-0.05, 0) is 6.92 Å². The third-order valence-electron chi connectivity index (χ3n) is 2.44. The Labute approximate surface area is 66.4 Å². The zero-order valence-electron chi connectivity index (χ0n) is 6.84. The maximum absolute atomic E-state index is 10.9. The van der Waals surface area contributed by atoms with Crippen LogP contribution in [0.3, 0.4) is 0 Å². The van der Waals surface area contributed by atoms with Crippen molar-refractivity contribution in [2.75, 3.05) is 32.7 Å². The van der Waals surface area contributed by atoms with Gasteiger partial charge in [0.2, 0.25) is 0 Å². The molecule has 1 aliphatic heterocycles. The summed E-state index contributed by atoms with van der Waals surface area (Å²) in [6.45, 7) is 5.69. The van der Waals surface area contributed by atoms with Crippen molar-refractivity contribution in [3.8, 4) is 0 Å². The Kier molecular flexibility index (Phi) is 2.46. The van der Waals surface area contributed by atoms with E-state index < -0.39 is 6.09 Å². The predicted molar refractivity (Wildman–Crippen MR) is 41.4 cm³/mol. The highest BCUT2D eigenvalue weighted by atomic mass is 16.4. The third-order valence-corrected chi connectivity index (χ3v) is 2.44. The van der Waals surface area contributed by atoms with Gasteiger partial charge in [-0.15, -0.1) is 0 Å². The molecule has 1 saturated heterocycles. The standard InChI is InChI=1S/C7H14N2O2/c1-2-9(7(10)11)5-3-8-4-6-9/h8H,2-6H2,1H3/p+1. The SMILES string of the molecule is CC[N+]1(C(=O)O)CCNCC1. The molecule has 1 aliphatic rings. The number of quaternary nitrogens is 1. The van der Waals surface area contributed by atoms with Crippen LogP contribution >= 0.6 is 0 Å². The minimum absolute atomic E-state index is 0.229. The van der Waals surface area contributed by atoms with Crippen molar-refractivity contribution in [2.24, 2.45) is 0 Å². The van der Waals surface area contributed by atoms with Crippen molar-refractivity contribution in [2.45, 2.75) is 6.92 Å². The molecule has 0 radical (unpaired) electrons. The van der Waals surface area contributed by atoms with E-state index in [1.54, 1.807) is 0 Å². The summed E-state index contributed by atoms with van der Waals surface area (Å²) in [5.41, 5.74) is 0. The summed E-state index contributed by atoms with van der Waals surface area (Å²) in [5, 5.41) is 12.1. The molecule has 0 bridgehead atoms. The summed E-state index contributed by atoms with van der Waals surface area (Å²) in [6, 6.07) is 0. The molecule has 0 unspecified atom stereocenters. The minimum Gasteiger partial charge on any atom is -0.435 e. The van der Waals surface area contributed by atoms with Crippen molar-refractivity contribution in [1.82, 2.24) is 5.32 Å². The third kappa shape index (κ3) is 1.52. The Bertz CT molecular complexity index is 153. The highest BCUT2D eigenvalue weighted by molar-refractivity contribution is 5.56. The van der Waals surface area contributed by atoms with Crippen LogP contribution in [-0.4, -0.2) is 48.4 Å². The Morgan fingerprint density at radius 1 is 1.55 bits per heavy atom. The fraction of sp³-hybridized carbons (Fsp3) is 0.857. The fourth-order valence-corrected chi connectivity index (χ4v) is 1.47. The average Bonchev–Trinajstić information content (AvgIpc) is 2.05. The van der Waals surface area contributed by atoms with Gasteiger partial charge in [0.05, 0.1) is 6.54 Å². The summed E-state index contributed by atoms with van der Waals surface area (Å²) in [6.07, 6.45) is -0.686. The molecule has 11 heavy (non-hydrogen) atoms. The molecule has 0 aliphatic carbocycles. The Hall–Kier alpha value is -0.610. The molecule has 0 aromatic carbocycles. The molecule has 2 N–H and O–H groups in total. The monoisotopic (exact) mass is 159 g/mol. The Morgan fingerprint density at radius 2 is 2.09 bits per heavy atom. The molecule has 0 saturated carbocycles. The summed E-state index contributed by atoms with van der Waals surface area (Å²) >= 11 is 0. The molecule has 4 nitrogen and oxygen atoms in total. The van der Waals surface area contributed by atoms with Gasteiger partial charge in [-0.25, -0.2) is 4.48 Å². The maximum Gasteiger partial charge on any atom is 0.513 e. The van der Waals surface area contributed by atoms with E-state index in [0.717, 1.165) is 13.1 Å². The quantitative estimate of drug-likeness (QED) is 0.534. The second kappa shape index (κ2) is 3.19. The van der Waals surface area contributed by atoms with Gasteiger partial charge in [0.15, 0.2) is 0 Å². The number of hydrogen-bond donors (Lipinski definition) is 2. The van der Waals surface area contributed by atoms with E-state index in [-0.39, 0.29) is 4.48 Å². The van der Waals surface area contributed by atoms with Crippen LogP contribution in [0.4, 0.5) is 4.79 Å². The van der Waals surface area contributed by atoms with Gasteiger partial charge in [-0.3, -0.25) is 0 Å². The van der Waals surface area contributed by atoms with E-state index >= 15 is 0 Å². The van der Waals surface area contributed by atoms with Crippen LogP contribution in [0.15, 0.2) is 0 Å². The number of carbonyl (C=O) groups is 1. The number of amides is 1. The number of rotatable bonds is 1. The molecule has 1 rings (SSSR count). The Morgan fingerprint density at radius 3 is 2.36 bits per heavy atom. The lowest BCUT2D eigenvalue weighted by Gasteiger charge is -2.34. The zero-order valence-corrected chi connectivity index (χ0v) is 6.84. The number of hydrogen-bond acceptors (Lipinski definition) is 2. The number of likely N-dealkylation sites (N-methyl/N-ethyl adjacent to an activating group) is 1. The minimum atomic E-state index is -0.686. The number of nitrogens with one attached hydrogen (secondary N) is 1. The Balaban J connectivity index is 2.64. The van der Waals surface area contributed by atoms with Gasteiger partial charge >= 0.3 is 6.09 Å². The first-order valence-electron chi connectivity index (χ1n) is 4.01. The first kappa shape index (κ1) is 8.49. The van der Waals surface area contributed by atoms with Gasteiger partial charge in [-0.1, -0.05) is 0 Å². The molecule has 64 valence electrons. The van der Waals surface area contributed by atoms with E-state index in [2.05, 4.69) is 5.32 Å². The molecule has 0 aromatic heterocycles. The molecular weight excluding hydrogens is 144 g/mol. The van der Waals surface area contributed by atoms with E-state index in [4.69, 9.17) is 5.11 Å². The van der Waals surface area contributed by atoms with E-state index in [1.807, 2.05) is 6.92 Å². The lowest BCUT2D eigenvalue weighted by Crippen LogP contribution is -2.61.